The first-order valence-corrected chi connectivity index (χ1v) is 6.68. The van der Waals surface area contributed by atoms with Crippen molar-refractivity contribution in [2.24, 2.45) is 5.73 Å². The molecular formula is C14H19N5O2. The average molecular weight is 289 g/mol. The van der Waals surface area contributed by atoms with Gasteiger partial charge in [0, 0.05) is 6.54 Å². The number of hydrogen-bond donors (Lipinski definition) is 3. The minimum absolute atomic E-state index is 0.194. The van der Waals surface area contributed by atoms with Gasteiger partial charge in [-0.15, -0.1) is 5.10 Å². The lowest BCUT2D eigenvalue weighted by molar-refractivity contribution is 0.0844. The van der Waals surface area contributed by atoms with E-state index in [0.29, 0.717) is 13.1 Å². The van der Waals surface area contributed by atoms with Gasteiger partial charge in [0.05, 0.1) is 24.9 Å². The number of nitrogens with one attached hydrogen (secondary N) is 1. The van der Waals surface area contributed by atoms with E-state index in [1.165, 1.54) is 10.9 Å². The fraction of sp³-hybridized carbons (Fsp3) is 0.357. The van der Waals surface area contributed by atoms with Crippen LogP contribution in [0.4, 0.5) is 0 Å². The van der Waals surface area contributed by atoms with Gasteiger partial charge in [-0.1, -0.05) is 35.5 Å². The van der Waals surface area contributed by atoms with Crippen molar-refractivity contribution in [2.75, 3.05) is 13.2 Å². The van der Waals surface area contributed by atoms with Crippen LogP contribution in [0.15, 0.2) is 36.5 Å². The van der Waals surface area contributed by atoms with Crippen LogP contribution in [0.25, 0.3) is 0 Å². The summed E-state index contributed by atoms with van der Waals surface area (Å²) >= 11 is 0. The second-order valence-corrected chi connectivity index (χ2v) is 4.97. The van der Waals surface area contributed by atoms with Crippen molar-refractivity contribution in [1.29, 1.82) is 0 Å². The molecule has 112 valence electrons. The molecule has 0 saturated carbocycles. The Morgan fingerprint density at radius 3 is 2.76 bits per heavy atom. The molecule has 1 aromatic heterocycles. The van der Waals surface area contributed by atoms with E-state index >= 15 is 0 Å². The zero-order valence-corrected chi connectivity index (χ0v) is 11.9. The summed E-state index contributed by atoms with van der Waals surface area (Å²) in [6.45, 7) is 2.45. The summed E-state index contributed by atoms with van der Waals surface area (Å²) in [6.07, 6.45) is 1.53. The third kappa shape index (κ3) is 3.45. The molecule has 1 amide bonds. The second kappa shape index (κ2) is 6.47. The number of aliphatic hydroxyl groups excluding tert-OH is 1. The Morgan fingerprint density at radius 2 is 2.14 bits per heavy atom. The van der Waals surface area contributed by atoms with Gasteiger partial charge in [-0.05, 0) is 12.5 Å². The van der Waals surface area contributed by atoms with Gasteiger partial charge in [0.1, 0.15) is 0 Å². The molecule has 0 fully saturated rings. The van der Waals surface area contributed by atoms with Crippen LogP contribution in [-0.4, -0.2) is 39.2 Å². The number of rotatable bonds is 6. The lowest BCUT2D eigenvalue weighted by atomic mass is 9.93. The number of carbonyl (C=O) groups excluding carboxylic acids is 1. The summed E-state index contributed by atoms with van der Waals surface area (Å²) in [7, 11) is 0. The molecule has 7 heteroatoms. The Labute approximate surface area is 122 Å². The van der Waals surface area contributed by atoms with Crippen molar-refractivity contribution in [3.63, 3.8) is 0 Å². The largest absolute Gasteiger partial charge is 0.394 e. The molecule has 0 spiro atoms. The Morgan fingerprint density at radius 1 is 1.43 bits per heavy atom. The average Bonchev–Trinajstić information content (AvgIpc) is 2.97. The lowest BCUT2D eigenvalue weighted by Crippen LogP contribution is -2.46. The zero-order valence-electron chi connectivity index (χ0n) is 11.9. The highest BCUT2D eigenvalue weighted by Gasteiger charge is 2.29. The highest BCUT2D eigenvalue weighted by molar-refractivity contribution is 5.92. The maximum Gasteiger partial charge on any atom is 0.274 e. The Kier molecular flexibility index (Phi) is 4.66. The molecule has 21 heavy (non-hydrogen) atoms. The SMILES string of the molecule is CC(CO)(NC(=O)c1cn(CCN)nn1)c1ccccc1. The number of hydrogen-bond acceptors (Lipinski definition) is 5. The lowest BCUT2D eigenvalue weighted by Gasteiger charge is -2.28. The summed E-state index contributed by atoms with van der Waals surface area (Å²) < 4.78 is 1.51. The first-order chi connectivity index (χ1) is 10.1. The minimum atomic E-state index is -0.879. The van der Waals surface area contributed by atoms with Crippen molar-refractivity contribution < 1.29 is 9.90 Å². The van der Waals surface area contributed by atoms with Crippen molar-refractivity contribution in [3.8, 4) is 0 Å². The molecule has 0 radical (unpaired) electrons. The maximum absolute atomic E-state index is 12.2. The molecule has 1 heterocycles. The monoisotopic (exact) mass is 289 g/mol. The molecule has 0 aliphatic carbocycles. The van der Waals surface area contributed by atoms with Crippen LogP contribution in [-0.2, 0) is 12.1 Å². The fourth-order valence-corrected chi connectivity index (χ4v) is 1.97. The molecule has 1 atom stereocenters. The van der Waals surface area contributed by atoms with Gasteiger partial charge < -0.3 is 16.2 Å². The summed E-state index contributed by atoms with van der Waals surface area (Å²) in [5.74, 6) is -0.390. The van der Waals surface area contributed by atoms with Gasteiger partial charge in [0.15, 0.2) is 5.69 Å². The van der Waals surface area contributed by atoms with E-state index in [1.807, 2.05) is 30.3 Å². The van der Waals surface area contributed by atoms with E-state index in [9.17, 15) is 9.90 Å². The first-order valence-electron chi connectivity index (χ1n) is 6.68. The fourth-order valence-electron chi connectivity index (χ4n) is 1.97. The predicted molar refractivity (Wildman–Crippen MR) is 77.4 cm³/mol. The molecule has 0 aliphatic rings. The van der Waals surface area contributed by atoms with Crippen LogP contribution in [0.1, 0.15) is 23.0 Å². The van der Waals surface area contributed by atoms with E-state index in [4.69, 9.17) is 5.73 Å². The van der Waals surface area contributed by atoms with E-state index in [-0.39, 0.29) is 12.3 Å². The standard InChI is InChI=1S/C14H19N5O2/c1-14(10-20,11-5-3-2-4-6-11)16-13(21)12-9-19(8-7-15)18-17-12/h2-6,9,20H,7-8,10,15H2,1H3,(H,16,21). The van der Waals surface area contributed by atoms with Crippen molar-refractivity contribution in [2.45, 2.75) is 19.0 Å². The summed E-state index contributed by atoms with van der Waals surface area (Å²) in [5.41, 5.74) is 5.55. The van der Waals surface area contributed by atoms with Crippen LogP contribution < -0.4 is 11.1 Å². The topological polar surface area (TPSA) is 106 Å². The van der Waals surface area contributed by atoms with Crippen molar-refractivity contribution in [1.82, 2.24) is 20.3 Å². The van der Waals surface area contributed by atoms with E-state index in [2.05, 4.69) is 15.6 Å². The van der Waals surface area contributed by atoms with Crippen molar-refractivity contribution >= 4 is 5.91 Å². The maximum atomic E-state index is 12.2. The van der Waals surface area contributed by atoms with E-state index < -0.39 is 11.4 Å². The molecule has 7 nitrogen and oxygen atoms in total. The zero-order chi connectivity index (χ0) is 15.3. The van der Waals surface area contributed by atoms with Crippen molar-refractivity contribution in [3.05, 3.63) is 47.8 Å². The Bertz CT molecular complexity index is 598. The van der Waals surface area contributed by atoms with E-state index in [1.54, 1.807) is 6.92 Å². The van der Waals surface area contributed by atoms with Crippen LogP contribution >= 0.6 is 0 Å². The van der Waals surface area contributed by atoms with Gasteiger partial charge in [-0.2, -0.15) is 0 Å². The van der Waals surface area contributed by atoms with Crippen LogP contribution in [0.2, 0.25) is 0 Å². The van der Waals surface area contributed by atoms with Crippen LogP contribution in [0.3, 0.4) is 0 Å². The molecule has 4 N–H and O–H groups in total. The summed E-state index contributed by atoms with van der Waals surface area (Å²) in [5, 5.41) is 20.1. The van der Waals surface area contributed by atoms with Gasteiger partial charge in [-0.25, -0.2) is 0 Å². The Balaban J connectivity index is 2.15. The Hall–Kier alpha value is -2.25. The smallest absolute Gasteiger partial charge is 0.274 e. The molecular weight excluding hydrogens is 270 g/mol. The van der Waals surface area contributed by atoms with Gasteiger partial charge in [0.25, 0.3) is 5.91 Å². The van der Waals surface area contributed by atoms with Gasteiger partial charge >= 0.3 is 0 Å². The molecule has 2 rings (SSSR count). The highest BCUT2D eigenvalue weighted by atomic mass is 16.3. The molecule has 0 saturated heterocycles. The number of carbonyl (C=O) groups is 1. The molecule has 1 unspecified atom stereocenters. The molecule has 1 aromatic carbocycles. The number of nitrogens with zero attached hydrogens (tertiary/aromatic N) is 3. The third-order valence-electron chi connectivity index (χ3n) is 3.25. The predicted octanol–water partition coefficient (Wildman–Crippen LogP) is -0.126. The summed E-state index contributed by atoms with van der Waals surface area (Å²) in [6, 6.07) is 9.28. The number of aromatic nitrogens is 3. The normalized spacial score (nSPS) is 13.7. The minimum Gasteiger partial charge on any atom is -0.394 e. The number of nitrogens with two attached hydrogens (primary N) is 1. The molecule has 0 bridgehead atoms. The second-order valence-electron chi connectivity index (χ2n) is 4.97. The first kappa shape index (κ1) is 15.1. The number of benzene rings is 1. The van der Waals surface area contributed by atoms with E-state index in [0.717, 1.165) is 5.56 Å². The van der Waals surface area contributed by atoms with Crippen LogP contribution in [0.5, 0.6) is 0 Å². The summed E-state index contributed by atoms with van der Waals surface area (Å²) in [4.78, 5) is 12.2. The quantitative estimate of drug-likeness (QED) is 0.687. The highest BCUT2D eigenvalue weighted by Crippen LogP contribution is 2.20. The van der Waals surface area contributed by atoms with Crippen LogP contribution in [0, 0.1) is 0 Å². The third-order valence-corrected chi connectivity index (χ3v) is 3.25. The molecule has 2 aromatic rings. The number of amides is 1. The van der Waals surface area contributed by atoms with Gasteiger partial charge in [0.2, 0.25) is 0 Å². The number of aliphatic hydroxyl groups is 1. The molecule has 0 aliphatic heterocycles. The van der Waals surface area contributed by atoms with Gasteiger partial charge in [-0.3, -0.25) is 9.48 Å².